The number of aromatic nitrogens is 4. The van der Waals surface area contributed by atoms with Crippen molar-refractivity contribution in [2.24, 2.45) is 5.92 Å². The van der Waals surface area contributed by atoms with Gasteiger partial charge in [0.1, 0.15) is 11.7 Å². The molecule has 2 heterocycles. The lowest BCUT2D eigenvalue weighted by Crippen LogP contribution is -2.36. The summed E-state index contributed by atoms with van der Waals surface area (Å²) in [6.45, 7) is 3.50. The van der Waals surface area contributed by atoms with E-state index in [2.05, 4.69) is 15.4 Å². The fraction of sp³-hybridized carbons (Fsp3) is 0.400. The third kappa shape index (κ3) is 3.49. The number of benzene rings is 1. The molecule has 4 rings (SSSR count). The van der Waals surface area contributed by atoms with Crippen LogP contribution in [-0.2, 0) is 17.9 Å². The van der Waals surface area contributed by atoms with Gasteiger partial charge in [0, 0.05) is 12.5 Å². The molecule has 0 radical (unpaired) electrons. The molecule has 7 heteroatoms. The molecule has 3 aromatic rings. The Morgan fingerprint density at radius 3 is 2.85 bits per heavy atom. The van der Waals surface area contributed by atoms with E-state index in [9.17, 15) is 9.59 Å². The summed E-state index contributed by atoms with van der Waals surface area (Å²) in [5, 5.41) is 7.73. The van der Waals surface area contributed by atoms with Crippen LogP contribution in [0.1, 0.15) is 30.4 Å². The minimum Gasteiger partial charge on any atom is -0.354 e. The van der Waals surface area contributed by atoms with Crippen molar-refractivity contribution in [2.45, 2.75) is 39.3 Å². The van der Waals surface area contributed by atoms with E-state index in [0.717, 1.165) is 30.4 Å². The zero-order valence-electron chi connectivity index (χ0n) is 15.4. The zero-order valence-corrected chi connectivity index (χ0v) is 15.4. The monoisotopic (exact) mass is 365 g/mol. The normalized spacial score (nSPS) is 14.3. The average molecular weight is 365 g/mol. The van der Waals surface area contributed by atoms with Crippen molar-refractivity contribution >= 4 is 16.9 Å². The van der Waals surface area contributed by atoms with Gasteiger partial charge in [0.25, 0.3) is 5.56 Å². The smallest absolute Gasteiger partial charge is 0.264 e. The Balaban J connectivity index is 1.48. The second-order valence-corrected chi connectivity index (χ2v) is 7.13. The van der Waals surface area contributed by atoms with Crippen LogP contribution in [0.4, 0.5) is 0 Å². The van der Waals surface area contributed by atoms with E-state index in [1.165, 1.54) is 0 Å². The van der Waals surface area contributed by atoms with Gasteiger partial charge in [-0.15, -0.1) is 0 Å². The average Bonchev–Trinajstić information content (AvgIpc) is 3.01. The molecule has 2 aromatic heterocycles. The van der Waals surface area contributed by atoms with Crippen LogP contribution in [0, 0.1) is 12.8 Å². The number of amides is 1. The molecule has 27 heavy (non-hydrogen) atoms. The maximum absolute atomic E-state index is 12.8. The summed E-state index contributed by atoms with van der Waals surface area (Å²) in [7, 11) is 0. The molecule has 0 aliphatic heterocycles. The Hall–Kier alpha value is -2.96. The van der Waals surface area contributed by atoms with Gasteiger partial charge >= 0.3 is 0 Å². The van der Waals surface area contributed by atoms with Gasteiger partial charge in [0.2, 0.25) is 5.91 Å². The molecular weight excluding hydrogens is 342 g/mol. The summed E-state index contributed by atoms with van der Waals surface area (Å²) in [6.07, 6.45) is 6.24. The second kappa shape index (κ2) is 7.34. The number of carbonyl (C=O) groups is 1. The summed E-state index contributed by atoms with van der Waals surface area (Å²) in [5.41, 5.74) is 2.68. The summed E-state index contributed by atoms with van der Waals surface area (Å²) < 4.78 is 3.28. The van der Waals surface area contributed by atoms with Gasteiger partial charge in [0.15, 0.2) is 5.65 Å². The van der Waals surface area contributed by atoms with Crippen LogP contribution >= 0.6 is 0 Å². The van der Waals surface area contributed by atoms with Crippen molar-refractivity contribution in [3.63, 3.8) is 0 Å². The number of fused-ring (bicyclic) bond motifs is 1. The molecule has 1 aromatic carbocycles. The van der Waals surface area contributed by atoms with Crippen molar-refractivity contribution < 1.29 is 4.79 Å². The largest absolute Gasteiger partial charge is 0.354 e. The van der Waals surface area contributed by atoms with E-state index >= 15 is 0 Å². The number of aryl methyl sites for hydroxylation is 1. The molecule has 0 saturated heterocycles. The molecule has 7 nitrogen and oxygen atoms in total. The van der Waals surface area contributed by atoms with E-state index in [0.29, 0.717) is 30.7 Å². The first-order valence-corrected chi connectivity index (χ1v) is 9.36. The Kier molecular flexibility index (Phi) is 4.75. The van der Waals surface area contributed by atoms with Gasteiger partial charge in [0.05, 0.1) is 19.3 Å². The van der Waals surface area contributed by atoms with Gasteiger partial charge in [-0.3, -0.25) is 14.2 Å². The number of carbonyl (C=O) groups excluding carboxylic acids is 1. The summed E-state index contributed by atoms with van der Waals surface area (Å²) >= 11 is 0. The minimum absolute atomic E-state index is 0.104. The van der Waals surface area contributed by atoms with Crippen LogP contribution in [-0.4, -0.2) is 31.8 Å². The molecule has 0 bridgehead atoms. The van der Waals surface area contributed by atoms with E-state index in [1.54, 1.807) is 21.8 Å². The molecule has 140 valence electrons. The molecule has 0 atom stereocenters. The lowest BCUT2D eigenvalue weighted by Gasteiger charge is -2.23. The molecular formula is C20H23N5O2. The van der Waals surface area contributed by atoms with Gasteiger partial charge in [-0.25, -0.2) is 9.67 Å². The third-order valence-corrected chi connectivity index (χ3v) is 5.32. The highest BCUT2D eigenvalue weighted by Crippen LogP contribution is 2.26. The van der Waals surface area contributed by atoms with Crippen molar-refractivity contribution in [2.75, 3.05) is 6.54 Å². The predicted molar refractivity (Wildman–Crippen MR) is 102 cm³/mol. The number of hydrogen-bond acceptors (Lipinski definition) is 4. The van der Waals surface area contributed by atoms with Crippen molar-refractivity contribution in [1.82, 2.24) is 24.6 Å². The summed E-state index contributed by atoms with van der Waals surface area (Å²) in [4.78, 5) is 29.1. The van der Waals surface area contributed by atoms with Crippen LogP contribution in [0.15, 0.2) is 41.6 Å². The van der Waals surface area contributed by atoms with Crippen LogP contribution in [0.25, 0.3) is 11.0 Å². The van der Waals surface area contributed by atoms with Crippen LogP contribution < -0.4 is 10.9 Å². The molecule has 0 spiro atoms. The maximum atomic E-state index is 12.8. The molecule has 0 unspecified atom stereocenters. The predicted octanol–water partition coefficient (Wildman–Crippen LogP) is 1.87. The number of nitrogens with zero attached hydrogens (tertiary/aromatic N) is 4. The number of nitrogens with one attached hydrogen (secondary N) is 1. The summed E-state index contributed by atoms with van der Waals surface area (Å²) in [6, 6.07) is 7.99. The first-order chi connectivity index (χ1) is 13.1. The third-order valence-electron chi connectivity index (χ3n) is 5.32. The zero-order chi connectivity index (χ0) is 18.8. The van der Waals surface area contributed by atoms with Crippen LogP contribution in [0.3, 0.4) is 0 Å². The highest BCUT2D eigenvalue weighted by molar-refractivity contribution is 5.79. The fourth-order valence-corrected chi connectivity index (χ4v) is 3.34. The standard InChI is InChI=1S/C20H23N5O2/c1-14-5-2-3-6-16(14)12-24-13-22-18-17(20(24)27)11-23-25(18)10-9-21-19(26)15-7-4-8-15/h2-3,5-6,11,13,15H,4,7-10,12H2,1H3,(H,21,26). The Morgan fingerprint density at radius 2 is 2.11 bits per heavy atom. The number of hydrogen-bond donors (Lipinski definition) is 1. The Morgan fingerprint density at radius 1 is 1.30 bits per heavy atom. The lowest BCUT2D eigenvalue weighted by molar-refractivity contribution is -0.127. The first kappa shape index (κ1) is 17.5. The molecule has 1 amide bonds. The van der Waals surface area contributed by atoms with Crippen molar-refractivity contribution in [1.29, 1.82) is 0 Å². The first-order valence-electron chi connectivity index (χ1n) is 9.36. The van der Waals surface area contributed by atoms with E-state index in [-0.39, 0.29) is 17.4 Å². The molecule has 1 N–H and O–H groups in total. The van der Waals surface area contributed by atoms with Gasteiger partial charge in [-0.1, -0.05) is 30.7 Å². The van der Waals surface area contributed by atoms with Crippen LogP contribution in [0.5, 0.6) is 0 Å². The van der Waals surface area contributed by atoms with Crippen LogP contribution in [0.2, 0.25) is 0 Å². The van der Waals surface area contributed by atoms with Gasteiger partial charge < -0.3 is 5.32 Å². The minimum atomic E-state index is -0.104. The van der Waals surface area contributed by atoms with Gasteiger partial charge in [-0.05, 0) is 30.9 Å². The maximum Gasteiger partial charge on any atom is 0.264 e. The number of rotatable bonds is 6. The Labute approximate surface area is 157 Å². The van der Waals surface area contributed by atoms with Gasteiger partial charge in [-0.2, -0.15) is 5.10 Å². The highest BCUT2D eigenvalue weighted by atomic mass is 16.2. The summed E-state index contributed by atoms with van der Waals surface area (Å²) in [5.74, 6) is 0.289. The Bertz CT molecular complexity index is 1030. The molecule has 1 fully saturated rings. The highest BCUT2D eigenvalue weighted by Gasteiger charge is 2.24. The second-order valence-electron chi connectivity index (χ2n) is 7.13. The SMILES string of the molecule is Cc1ccccc1Cn1cnc2c(cnn2CCNC(=O)C2CCC2)c1=O. The van der Waals surface area contributed by atoms with Crippen molar-refractivity contribution in [3.05, 3.63) is 58.3 Å². The lowest BCUT2D eigenvalue weighted by atomic mass is 9.85. The quantitative estimate of drug-likeness (QED) is 0.723. The van der Waals surface area contributed by atoms with E-state index in [4.69, 9.17) is 0 Å². The fourth-order valence-electron chi connectivity index (χ4n) is 3.34. The topological polar surface area (TPSA) is 81.8 Å². The van der Waals surface area contributed by atoms with E-state index < -0.39 is 0 Å². The molecule has 1 saturated carbocycles. The molecule has 1 aliphatic rings. The van der Waals surface area contributed by atoms with Crippen molar-refractivity contribution in [3.8, 4) is 0 Å². The van der Waals surface area contributed by atoms with E-state index in [1.807, 2.05) is 31.2 Å². The molecule has 1 aliphatic carbocycles.